The molecule has 2 aromatic carbocycles. The van der Waals surface area contributed by atoms with Gasteiger partial charge in [-0.25, -0.2) is 20.1 Å². The van der Waals surface area contributed by atoms with Crippen LogP contribution in [0.1, 0.15) is 31.4 Å². The second-order valence-electron chi connectivity index (χ2n) is 10.4. The number of hydrogen-bond donors (Lipinski definition) is 3. The summed E-state index contributed by atoms with van der Waals surface area (Å²) in [6.45, 7) is 5.40. The molecule has 9 nitrogen and oxygen atoms in total. The summed E-state index contributed by atoms with van der Waals surface area (Å²) in [5.41, 5.74) is 1.78. The number of hydrogen-bond acceptors (Lipinski definition) is 6. The summed E-state index contributed by atoms with van der Waals surface area (Å²) in [7, 11) is 0.158. The number of primary sulfonamides is 1. The van der Waals surface area contributed by atoms with Crippen molar-refractivity contribution in [3.63, 3.8) is 0 Å². The van der Waals surface area contributed by atoms with Gasteiger partial charge in [-0.3, -0.25) is 4.85 Å². The second-order valence-corrected chi connectivity index (χ2v) is 11.9. The van der Waals surface area contributed by atoms with Gasteiger partial charge >= 0.3 is 12.9 Å². The molecule has 1 saturated carbocycles. The summed E-state index contributed by atoms with van der Waals surface area (Å²) in [6.07, 6.45) is -0.403. The molecule has 0 spiro atoms. The average Bonchev–Trinajstić information content (AvgIpc) is 3.26. The Bertz CT molecular complexity index is 1630. The molecule has 1 aliphatic rings. The Hall–Kier alpha value is -3.91. The molecule has 0 saturated heterocycles. The van der Waals surface area contributed by atoms with Crippen LogP contribution in [0.2, 0.25) is 0 Å². The number of fused-ring (bicyclic) bond motifs is 1. The van der Waals surface area contributed by atoms with Crippen LogP contribution in [0.25, 0.3) is 15.7 Å². The van der Waals surface area contributed by atoms with Crippen LogP contribution in [-0.4, -0.2) is 63.5 Å². The summed E-state index contributed by atoms with van der Waals surface area (Å²) in [5, 5.41) is 12.4. The maximum Gasteiger partial charge on any atom is 0.406 e. The van der Waals surface area contributed by atoms with E-state index < -0.39 is 22.7 Å². The van der Waals surface area contributed by atoms with E-state index in [1.807, 2.05) is 6.07 Å². The van der Waals surface area contributed by atoms with Crippen molar-refractivity contribution in [2.75, 3.05) is 38.0 Å². The molecule has 0 bridgehead atoms. The van der Waals surface area contributed by atoms with Crippen LogP contribution >= 0.6 is 0 Å². The standard InChI is InChI=1S/C29H33F3N6O3S/c1-34-19-41-28-17-23(42(33,39)40)13-14-26(28)35-15-5-6-22-16-24-25(36-20-9-11-21(12-10-20)37(2)3)7-4-8-27(24)38(22)18-29(30,31)32/h4,7-8,13-14,16-17,20-21,35-36H,9-12,15,18-19H2,2-3H3,(H2,33,39,40). The predicted octanol–water partition coefficient (Wildman–Crippen LogP) is 4.85. The van der Waals surface area contributed by atoms with Gasteiger partial charge in [-0.2, -0.15) is 13.2 Å². The highest BCUT2D eigenvalue weighted by Gasteiger charge is 2.30. The Morgan fingerprint density at radius 3 is 2.52 bits per heavy atom. The first-order valence-corrected chi connectivity index (χ1v) is 14.9. The lowest BCUT2D eigenvalue weighted by molar-refractivity contribution is -0.140. The highest BCUT2D eigenvalue weighted by atomic mass is 32.2. The van der Waals surface area contributed by atoms with E-state index >= 15 is 0 Å². The first kappa shape index (κ1) is 31.0. The van der Waals surface area contributed by atoms with Gasteiger partial charge < -0.3 is 24.8 Å². The Kier molecular flexibility index (Phi) is 9.57. The fourth-order valence-corrected chi connectivity index (χ4v) is 5.67. The molecule has 4 rings (SSSR count). The van der Waals surface area contributed by atoms with Crippen LogP contribution in [0.5, 0.6) is 5.75 Å². The second kappa shape index (κ2) is 12.9. The smallest absolute Gasteiger partial charge is 0.406 e. The Labute approximate surface area is 243 Å². The van der Waals surface area contributed by atoms with Crippen molar-refractivity contribution in [1.29, 1.82) is 0 Å². The summed E-state index contributed by atoms with van der Waals surface area (Å²) < 4.78 is 70.6. The van der Waals surface area contributed by atoms with E-state index in [-0.39, 0.29) is 35.7 Å². The first-order valence-electron chi connectivity index (χ1n) is 13.3. The topological polar surface area (TPSA) is 106 Å². The third kappa shape index (κ3) is 7.88. The van der Waals surface area contributed by atoms with Gasteiger partial charge in [-0.15, -0.1) is 0 Å². The minimum Gasteiger partial charge on any atom is -0.424 e. The lowest BCUT2D eigenvalue weighted by Gasteiger charge is -2.33. The van der Waals surface area contributed by atoms with Gasteiger partial charge in [0.15, 0.2) is 5.75 Å². The number of nitrogens with two attached hydrogens (primary N) is 1. The molecule has 13 heteroatoms. The van der Waals surface area contributed by atoms with Crippen molar-refractivity contribution >= 4 is 32.3 Å². The van der Waals surface area contributed by atoms with E-state index in [4.69, 9.17) is 16.4 Å². The third-order valence-corrected chi connectivity index (χ3v) is 8.13. The predicted molar refractivity (Wildman–Crippen MR) is 157 cm³/mol. The number of ether oxygens (including phenoxy) is 1. The SMILES string of the molecule is [C-]#[N+]COc1cc(S(N)(=O)=O)ccc1NCC#Cc1cc2c(NC3CCC(N(C)C)CC3)cccc2n1CC(F)(F)F. The highest BCUT2D eigenvalue weighted by molar-refractivity contribution is 7.89. The van der Waals surface area contributed by atoms with E-state index in [0.29, 0.717) is 22.6 Å². The van der Waals surface area contributed by atoms with Crippen LogP contribution in [0, 0.1) is 18.4 Å². The number of nitrogens with zero attached hydrogens (tertiary/aromatic N) is 3. The molecule has 1 heterocycles. The van der Waals surface area contributed by atoms with Crippen LogP contribution in [0.15, 0.2) is 47.4 Å². The van der Waals surface area contributed by atoms with Gasteiger partial charge in [0.2, 0.25) is 10.0 Å². The Morgan fingerprint density at radius 1 is 1.14 bits per heavy atom. The van der Waals surface area contributed by atoms with Crippen molar-refractivity contribution in [2.45, 2.75) is 55.4 Å². The van der Waals surface area contributed by atoms with Gasteiger partial charge in [-0.1, -0.05) is 12.0 Å². The van der Waals surface area contributed by atoms with E-state index in [0.717, 1.165) is 31.4 Å². The zero-order valence-corrected chi connectivity index (χ0v) is 24.1. The number of benzene rings is 2. The minimum atomic E-state index is -4.45. The monoisotopic (exact) mass is 602 g/mol. The molecular weight excluding hydrogens is 569 g/mol. The average molecular weight is 603 g/mol. The molecule has 224 valence electrons. The molecule has 0 atom stereocenters. The summed E-state index contributed by atoms with van der Waals surface area (Å²) in [6, 6.07) is 11.6. The quantitative estimate of drug-likeness (QED) is 0.239. The Balaban J connectivity index is 1.58. The minimum absolute atomic E-state index is 0.0108. The van der Waals surface area contributed by atoms with Crippen LogP contribution < -0.4 is 20.5 Å². The number of halogens is 3. The fourth-order valence-electron chi connectivity index (χ4n) is 5.14. The zero-order valence-electron chi connectivity index (χ0n) is 23.3. The molecule has 1 aromatic heterocycles. The van der Waals surface area contributed by atoms with Crippen molar-refractivity contribution in [3.05, 3.63) is 59.6 Å². The van der Waals surface area contributed by atoms with Crippen LogP contribution in [0.3, 0.4) is 0 Å². The molecule has 4 N–H and O–H groups in total. The summed E-state index contributed by atoms with van der Waals surface area (Å²) in [4.78, 5) is 5.15. The number of anilines is 2. The number of sulfonamides is 1. The third-order valence-electron chi connectivity index (χ3n) is 7.22. The van der Waals surface area contributed by atoms with Gasteiger partial charge in [-0.05, 0) is 76.0 Å². The summed E-state index contributed by atoms with van der Waals surface area (Å²) >= 11 is 0. The van der Waals surface area contributed by atoms with E-state index in [2.05, 4.69) is 46.3 Å². The zero-order chi connectivity index (χ0) is 30.5. The number of nitrogens with one attached hydrogen (secondary N) is 2. The Morgan fingerprint density at radius 2 is 1.88 bits per heavy atom. The van der Waals surface area contributed by atoms with Gasteiger partial charge in [0.1, 0.15) is 6.54 Å². The van der Waals surface area contributed by atoms with Crippen LogP contribution in [0.4, 0.5) is 24.5 Å². The van der Waals surface area contributed by atoms with Crippen molar-refractivity contribution in [3.8, 4) is 17.6 Å². The molecule has 0 radical (unpaired) electrons. The molecular formula is C29H33F3N6O3S. The van der Waals surface area contributed by atoms with E-state index in [1.54, 1.807) is 18.2 Å². The lowest BCUT2D eigenvalue weighted by Crippen LogP contribution is -2.36. The first-order chi connectivity index (χ1) is 19.9. The molecule has 0 aliphatic heterocycles. The molecule has 0 unspecified atom stereocenters. The fraction of sp³-hybridized carbons (Fsp3) is 0.414. The maximum absolute atomic E-state index is 13.6. The van der Waals surface area contributed by atoms with Crippen molar-refractivity contribution < 1.29 is 26.3 Å². The van der Waals surface area contributed by atoms with Crippen molar-refractivity contribution in [2.24, 2.45) is 5.14 Å². The maximum atomic E-state index is 13.6. The van der Waals surface area contributed by atoms with Crippen LogP contribution in [-0.2, 0) is 16.6 Å². The van der Waals surface area contributed by atoms with E-state index in [1.165, 1.54) is 22.8 Å². The largest absolute Gasteiger partial charge is 0.424 e. The summed E-state index contributed by atoms with van der Waals surface area (Å²) in [5.74, 6) is 5.79. The lowest BCUT2D eigenvalue weighted by atomic mass is 9.90. The van der Waals surface area contributed by atoms with Gasteiger partial charge in [0.05, 0.1) is 28.3 Å². The highest BCUT2D eigenvalue weighted by Crippen LogP contribution is 2.33. The normalized spacial score (nSPS) is 17.4. The molecule has 42 heavy (non-hydrogen) atoms. The molecule has 0 amide bonds. The molecule has 1 aliphatic carbocycles. The van der Waals surface area contributed by atoms with Gasteiger partial charge in [0, 0.05) is 29.2 Å². The molecule has 1 fully saturated rings. The number of rotatable bonds is 9. The van der Waals surface area contributed by atoms with Gasteiger partial charge in [0.25, 0.3) is 0 Å². The van der Waals surface area contributed by atoms with E-state index in [9.17, 15) is 21.6 Å². The number of alkyl halides is 3. The van der Waals surface area contributed by atoms with Crippen molar-refractivity contribution in [1.82, 2.24) is 9.47 Å². The molecule has 3 aromatic rings. The number of aromatic nitrogens is 1.